The van der Waals surface area contributed by atoms with Gasteiger partial charge in [-0.05, 0) is 37.5 Å². The fourth-order valence-corrected chi connectivity index (χ4v) is 2.03. The van der Waals surface area contributed by atoms with Crippen molar-refractivity contribution in [3.05, 3.63) is 58.5 Å². The predicted molar refractivity (Wildman–Crippen MR) is 87.8 cm³/mol. The topological polar surface area (TPSA) is 48.7 Å². The minimum Gasteiger partial charge on any atom is -0.489 e. The first-order valence-corrected chi connectivity index (χ1v) is 6.99. The highest BCUT2D eigenvalue weighted by atomic mass is 16.5. The molecule has 1 heterocycles. The minimum absolute atomic E-state index is 0.387. The molecule has 116 valence electrons. The number of hydrogen-bond donors (Lipinski definition) is 0. The number of ether oxygens (including phenoxy) is 2. The Hall–Kier alpha value is -2.49. The molecule has 1 aromatic heterocycles. The summed E-state index contributed by atoms with van der Waals surface area (Å²) in [7, 11) is 0. The van der Waals surface area contributed by atoms with Gasteiger partial charge in [0, 0.05) is 18.2 Å². The molecule has 4 heteroatoms. The average Bonchev–Trinajstić information content (AvgIpc) is 2.41. The molecule has 0 aliphatic heterocycles. The van der Waals surface area contributed by atoms with E-state index < -0.39 is 5.63 Å². The Bertz CT molecular complexity index is 784. The van der Waals surface area contributed by atoms with Gasteiger partial charge in [0.25, 0.3) is 0 Å². The average molecular weight is 300 g/mol. The van der Waals surface area contributed by atoms with Crippen LogP contribution in [0.4, 0.5) is 0 Å². The quantitative estimate of drug-likeness (QED) is 0.597. The number of hydrogen-bond acceptors (Lipinski definition) is 4. The molecule has 0 N–H and O–H groups in total. The molecule has 1 aromatic carbocycles. The smallest absolute Gasteiger partial charge is 0.336 e. The van der Waals surface area contributed by atoms with Crippen molar-refractivity contribution in [1.29, 1.82) is 0 Å². The molecule has 0 aliphatic rings. The number of benzene rings is 1. The molecular formula is C18H20O4. The van der Waals surface area contributed by atoms with Crippen LogP contribution < -0.4 is 15.1 Å². The molecule has 0 saturated carbocycles. The van der Waals surface area contributed by atoms with Crippen LogP contribution in [0.5, 0.6) is 11.5 Å². The largest absolute Gasteiger partial charge is 0.489 e. The van der Waals surface area contributed by atoms with E-state index >= 15 is 0 Å². The Morgan fingerprint density at radius 3 is 2.36 bits per heavy atom. The maximum atomic E-state index is 11.6. The molecule has 0 unspecified atom stereocenters. The Kier molecular flexibility index (Phi) is 4.71. The van der Waals surface area contributed by atoms with E-state index in [1.54, 1.807) is 12.1 Å². The van der Waals surface area contributed by atoms with Gasteiger partial charge < -0.3 is 13.9 Å². The monoisotopic (exact) mass is 300 g/mol. The van der Waals surface area contributed by atoms with E-state index in [1.807, 2.05) is 20.8 Å². The molecule has 0 atom stereocenters. The summed E-state index contributed by atoms with van der Waals surface area (Å²) in [5.74, 6) is 1.18. The predicted octanol–water partition coefficient (Wildman–Crippen LogP) is 4.01. The first-order valence-electron chi connectivity index (χ1n) is 6.99. The maximum absolute atomic E-state index is 11.6. The van der Waals surface area contributed by atoms with Crippen LogP contribution in [0.15, 0.2) is 51.7 Å². The van der Waals surface area contributed by atoms with E-state index in [9.17, 15) is 4.79 Å². The third kappa shape index (κ3) is 3.79. The summed E-state index contributed by atoms with van der Waals surface area (Å²) in [5, 5.41) is 0.767. The van der Waals surface area contributed by atoms with Crippen LogP contribution in [0.2, 0.25) is 0 Å². The van der Waals surface area contributed by atoms with Crippen LogP contribution in [0.1, 0.15) is 19.4 Å². The lowest BCUT2D eigenvalue weighted by Crippen LogP contribution is -2.04. The Morgan fingerprint density at radius 2 is 1.73 bits per heavy atom. The first kappa shape index (κ1) is 15.9. The molecular weight excluding hydrogens is 280 g/mol. The van der Waals surface area contributed by atoms with Crippen molar-refractivity contribution in [3.63, 3.8) is 0 Å². The molecule has 0 amide bonds. The maximum Gasteiger partial charge on any atom is 0.336 e. The SMILES string of the molecule is C=C(C)COc1cc(OCC(=C)C)c2c(C)cc(=O)oc2c1. The number of rotatable bonds is 6. The fraction of sp³-hybridized carbons (Fsp3) is 0.278. The van der Waals surface area contributed by atoms with E-state index in [-0.39, 0.29) is 0 Å². The van der Waals surface area contributed by atoms with Crippen molar-refractivity contribution in [1.82, 2.24) is 0 Å². The summed E-state index contributed by atoms with van der Waals surface area (Å²) in [6.45, 7) is 14.0. The summed E-state index contributed by atoms with van der Waals surface area (Å²) in [4.78, 5) is 11.6. The Morgan fingerprint density at radius 1 is 1.09 bits per heavy atom. The van der Waals surface area contributed by atoms with Gasteiger partial charge in [0.15, 0.2) is 0 Å². The van der Waals surface area contributed by atoms with Gasteiger partial charge in [-0.25, -0.2) is 4.79 Å². The van der Waals surface area contributed by atoms with Crippen molar-refractivity contribution >= 4 is 11.0 Å². The van der Waals surface area contributed by atoms with Gasteiger partial charge in [-0.3, -0.25) is 0 Å². The number of aryl methyl sites for hydroxylation is 1. The van der Waals surface area contributed by atoms with Gasteiger partial charge in [-0.2, -0.15) is 0 Å². The summed E-state index contributed by atoms with van der Waals surface area (Å²) < 4.78 is 16.7. The lowest BCUT2D eigenvalue weighted by atomic mass is 10.1. The van der Waals surface area contributed by atoms with Crippen LogP contribution in [-0.2, 0) is 0 Å². The lowest BCUT2D eigenvalue weighted by Gasteiger charge is -2.13. The minimum atomic E-state index is -0.395. The second-order valence-corrected chi connectivity index (χ2v) is 5.53. The third-order valence-electron chi connectivity index (χ3n) is 2.94. The van der Waals surface area contributed by atoms with Gasteiger partial charge in [-0.15, -0.1) is 0 Å². The van der Waals surface area contributed by atoms with Gasteiger partial charge in [-0.1, -0.05) is 13.2 Å². The van der Waals surface area contributed by atoms with E-state index in [0.29, 0.717) is 30.3 Å². The molecule has 22 heavy (non-hydrogen) atoms. The van der Waals surface area contributed by atoms with Gasteiger partial charge >= 0.3 is 5.63 Å². The van der Waals surface area contributed by atoms with Crippen LogP contribution in [0.3, 0.4) is 0 Å². The zero-order valence-electron chi connectivity index (χ0n) is 13.2. The summed E-state index contributed by atoms with van der Waals surface area (Å²) in [5.41, 5.74) is 2.65. The van der Waals surface area contributed by atoms with Crippen molar-refractivity contribution in [2.24, 2.45) is 0 Å². The highest BCUT2D eigenvalue weighted by Gasteiger charge is 2.12. The van der Waals surface area contributed by atoms with Gasteiger partial charge in [0.05, 0.1) is 5.39 Å². The lowest BCUT2D eigenvalue weighted by molar-refractivity contribution is 0.337. The van der Waals surface area contributed by atoms with E-state index in [0.717, 1.165) is 22.1 Å². The van der Waals surface area contributed by atoms with Gasteiger partial charge in [0.2, 0.25) is 0 Å². The highest BCUT2D eigenvalue weighted by molar-refractivity contribution is 5.88. The molecule has 4 nitrogen and oxygen atoms in total. The van der Waals surface area contributed by atoms with Crippen LogP contribution in [0.25, 0.3) is 11.0 Å². The Balaban J connectivity index is 2.53. The second-order valence-electron chi connectivity index (χ2n) is 5.53. The second kappa shape index (κ2) is 6.52. The van der Waals surface area contributed by atoms with Crippen molar-refractivity contribution in [2.75, 3.05) is 13.2 Å². The standard InChI is InChI=1S/C18H20O4/c1-11(2)9-20-14-7-15(21-10-12(3)4)18-13(5)6-17(19)22-16(18)8-14/h6-8H,1,3,9-10H2,2,4-5H3. The zero-order chi connectivity index (χ0) is 16.3. The van der Waals surface area contributed by atoms with E-state index in [2.05, 4.69) is 13.2 Å². The van der Waals surface area contributed by atoms with Crippen molar-refractivity contribution in [2.45, 2.75) is 20.8 Å². The highest BCUT2D eigenvalue weighted by Crippen LogP contribution is 2.33. The zero-order valence-corrected chi connectivity index (χ0v) is 13.2. The van der Waals surface area contributed by atoms with Gasteiger partial charge in [0.1, 0.15) is 30.3 Å². The van der Waals surface area contributed by atoms with Crippen molar-refractivity contribution < 1.29 is 13.9 Å². The van der Waals surface area contributed by atoms with Crippen LogP contribution in [0, 0.1) is 6.92 Å². The van der Waals surface area contributed by atoms with Crippen LogP contribution in [-0.4, -0.2) is 13.2 Å². The fourth-order valence-electron chi connectivity index (χ4n) is 2.03. The Labute approximate surface area is 129 Å². The van der Waals surface area contributed by atoms with Crippen molar-refractivity contribution in [3.8, 4) is 11.5 Å². The molecule has 0 fully saturated rings. The molecule has 0 bridgehead atoms. The normalized spacial score (nSPS) is 10.5. The van der Waals surface area contributed by atoms with E-state index in [1.165, 1.54) is 6.07 Å². The molecule has 0 saturated heterocycles. The summed E-state index contributed by atoms with van der Waals surface area (Å²) >= 11 is 0. The first-order chi connectivity index (χ1) is 10.4. The molecule has 0 aliphatic carbocycles. The summed E-state index contributed by atoms with van der Waals surface area (Å²) in [6, 6.07) is 4.94. The third-order valence-corrected chi connectivity index (χ3v) is 2.94. The number of fused-ring (bicyclic) bond motifs is 1. The molecule has 2 aromatic rings. The molecule has 2 rings (SSSR count). The van der Waals surface area contributed by atoms with E-state index in [4.69, 9.17) is 13.9 Å². The molecule has 0 radical (unpaired) electrons. The molecule has 0 spiro atoms. The summed E-state index contributed by atoms with van der Waals surface area (Å²) in [6.07, 6.45) is 0. The van der Waals surface area contributed by atoms with Crippen LogP contribution >= 0.6 is 0 Å².